The van der Waals surface area contributed by atoms with Crippen molar-refractivity contribution in [2.75, 3.05) is 25.4 Å². The summed E-state index contributed by atoms with van der Waals surface area (Å²) in [6.45, 7) is 1.96. The molecule has 1 fully saturated rings. The molecule has 1 saturated heterocycles. The van der Waals surface area contributed by atoms with Crippen LogP contribution in [0.4, 0.5) is 5.69 Å². The highest BCUT2D eigenvalue weighted by Gasteiger charge is 2.35. The van der Waals surface area contributed by atoms with Gasteiger partial charge in [0.15, 0.2) is 5.78 Å². The minimum Gasteiger partial charge on any atom is -0.397 e. The number of rotatable bonds is 10. The van der Waals surface area contributed by atoms with Crippen LogP contribution in [0.5, 0.6) is 0 Å². The van der Waals surface area contributed by atoms with Crippen molar-refractivity contribution in [3.63, 3.8) is 0 Å². The van der Waals surface area contributed by atoms with Crippen LogP contribution in [0.3, 0.4) is 0 Å². The minimum atomic E-state index is -0.0441. The van der Waals surface area contributed by atoms with Gasteiger partial charge in [-0.25, -0.2) is 0 Å². The van der Waals surface area contributed by atoms with E-state index in [1.807, 2.05) is 29.2 Å². The molecule has 4 aromatic rings. The van der Waals surface area contributed by atoms with Crippen LogP contribution in [0.2, 0.25) is 0 Å². The average molecular weight is 522 g/mol. The van der Waals surface area contributed by atoms with E-state index in [-0.39, 0.29) is 23.8 Å². The molecule has 1 aliphatic heterocycles. The van der Waals surface area contributed by atoms with Crippen LogP contribution in [-0.4, -0.2) is 57.1 Å². The summed E-state index contributed by atoms with van der Waals surface area (Å²) >= 11 is 0. The fourth-order valence-corrected chi connectivity index (χ4v) is 5.56. The predicted octanol–water partition coefficient (Wildman–Crippen LogP) is 5.35. The second-order valence-corrected chi connectivity index (χ2v) is 10.1. The Morgan fingerprint density at radius 2 is 1.64 bits per heavy atom. The van der Waals surface area contributed by atoms with E-state index in [0.717, 1.165) is 25.8 Å². The number of carbonyl (C=O) groups excluding carboxylic acids is 2. The lowest BCUT2D eigenvalue weighted by molar-refractivity contribution is 0.0354. The predicted molar refractivity (Wildman–Crippen MR) is 153 cm³/mol. The Morgan fingerprint density at radius 3 is 2.28 bits per heavy atom. The Balaban J connectivity index is 1.37. The van der Waals surface area contributed by atoms with E-state index in [2.05, 4.69) is 63.4 Å². The third-order valence-electron chi connectivity index (χ3n) is 7.47. The van der Waals surface area contributed by atoms with Gasteiger partial charge < -0.3 is 15.6 Å². The van der Waals surface area contributed by atoms with Crippen molar-refractivity contribution < 1.29 is 9.59 Å². The summed E-state index contributed by atoms with van der Waals surface area (Å²) in [5.41, 5.74) is 10.0. The van der Waals surface area contributed by atoms with Crippen LogP contribution in [0.1, 0.15) is 63.7 Å². The molecular formula is C32H35N5O2. The van der Waals surface area contributed by atoms with Crippen LogP contribution in [0.25, 0.3) is 0 Å². The molecular weight excluding hydrogens is 486 g/mol. The lowest BCUT2D eigenvalue weighted by Crippen LogP contribution is -2.55. The van der Waals surface area contributed by atoms with Crippen molar-refractivity contribution in [3.05, 3.63) is 120 Å². The Bertz CT molecular complexity index is 1320. The summed E-state index contributed by atoms with van der Waals surface area (Å²) in [4.78, 5) is 37.5. The summed E-state index contributed by atoms with van der Waals surface area (Å²) < 4.78 is 0. The van der Waals surface area contributed by atoms with Crippen molar-refractivity contribution in [2.45, 2.75) is 37.8 Å². The zero-order valence-corrected chi connectivity index (χ0v) is 22.1. The van der Waals surface area contributed by atoms with Gasteiger partial charge in [0.25, 0.3) is 5.91 Å². The summed E-state index contributed by atoms with van der Waals surface area (Å²) in [6, 6.07) is 26.7. The lowest BCUT2D eigenvalue weighted by Gasteiger charge is -2.46. The first-order chi connectivity index (χ1) is 19.1. The summed E-state index contributed by atoms with van der Waals surface area (Å²) in [5.74, 6) is 0.0928. The zero-order chi connectivity index (χ0) is 27.0. The van der Waals surface area contributed by atoms with Gasteiger partial charge in [-0.1, -0.05) is 67.1 Å². The van der Waals surface area contributed by atoms with Crippen molar-refractivity contribution in [3.8, 4) is 0 Å². The molecule has 1 aliphatic rings. The maximum atomic E-state index is 13.4. The van der Waals surface area contributed by atoms with E-state index in [1.54, 1.807) is 24.7 Å². The van der Waals surface area contributed by atoms with Gasteiger partial charge in [0.2, 0.25) is 0 Å². The Kier molecular flexibility index (Phi) is 8.48. The van der Waals surface area contributed by atoms with Gasteiger partial charge in [0.1, 0.15) is 0 Å². The zero-order valence-electron chi connectivity index (χ0n) is 22.1. The summed E-state index contributed by atoms with van der Waals surface area (Å²) in [7, 11) is 0. The first-order valence-electron chi connectivity index (χ1n) is 13.6. The molecule has 0 aliphatic carbocycles. The van der Waals surface area contributed by atoms with Gasteiger partial charge >= 0.3 is 0 Å². The third kappa shape index (κ3) is 6.44. The highest BCUT2D eigenvalue weighted by atomic mass is 16.2. The monoisotopic (exact) mass is 521 g/mol. The summed E-state index contributed by atoms with van der Waals surface area (Å²) in [6.07, 6.45) is 8.00. The molecule has 1 atom stereocenters. The number of aromatic amines is 1. The van der Waals surface area contributed by atoms with Gasteiger partial charge in [-0.3, -0.25) is 19.5 Å². The second-order valence-electron chi connectivity index (χ2n) is 10.1. The smallest absolute Gasteiger partial charge is 0.255 e. The second kappa shape index (κ2) is 12.5. The normalized spacial score (nSPS) is 15.9. The number of H-pyrrole nitrogens is 1. The molecule has 5 rings (SSSR count). The summed E-state index contributed by atoms with van der Waals surface area (Å²) in [5, 5.41) is 0. The SMILES string of the molecule is Nc1cncc(C(=O)N2CCN(C(c3ccccc3)c3ccccc3)C(CCCCC(=O)c3ccc[nH]3)C2)c1. The van der Waals surface area contributed by atoms with E-state index >= 15 is 0 Å². The molecule has 0 spiro atoms. The Morgan fingerprint density at radius 1 is 0.923 bits per heavy atom. The van der Waals surface area contributed by atoms with Crippen LogP contribution in [-0.2, 0) is 0 Å². The number of ketones is 1. The number of amides is 1. The first-order valence-corrected chi connectivity index (χ1v) is 13.6. The number of carbonyl (C=O) groups is 2. The number of nitrogens with two attached hydrogens (primary N) is 1. The average Bonchev–Trinajstić information content (AvgIpc) is 3.52. The van der Waals surface area contributed by atoms with Gasteiger partial charge in [0.05, 0.1) is 23.0 Å². The molecule has 3 heterocycles. The van der Waals surface area contributed by atoms with E-state index in [9.17, 15) is 9.59 Å². The van der Waals surface area contributed by atoms with Crippen molar-refractivity contribution in [1.82, 2.24) is 19.8 Å². The molecule has 200 valence electrons. The van der Waals surface area contributed by atoms with E-state index < -0.39 is 0 Å². The van der Waals surface area contributed by atoms with E-state index in [0.29, 0.717) is 36.5 Å². The quantitative estimate of drug-likeness (QED) is 0.217. The maximum Gasteiger partial charge on any atom is 0.255 e. The third-order valence-corrected chi connectivity index (χ3v) is 7.47. The molecule has 0 radical (unpaired) electrons. The molecule has 3 N–H and O–H groups in total. The van der Waals surface area contributed by atoms with Gasteiger partial charge in [0, 0.05) is 50.7 Å². The molecule has 2 aromatic carbocycles. The Labute approximate surface area is 229 Å². The standard InChI is InChI=1S/C32H35N5O2/c33-27-20-26(21-34-22-27)32(39)36-18-19-37(28(23-36)14-7-8-16-30(38)29-15-9-17-35-29)31(24-10-3-1-4-11-24)25-12-5-2-6-13-25/h1-6,9-13,15,17,20-22,28,31,35H,7-8,14,16,18-19,23,33H2. The molecule has 1 unspecified atom stereocenters. The van der Waals surface area contributed by atoms with Crippen LogP contribution >= 0.6 is 0 Å². The molecule has 1 amide bonds. The van der Waals surface area contributed by atoms with Crippen molar-refractivity contribution in [2.24, 2.45) is 0 Å². The van der Waals surface area contributed by atoms with Crippen LogP contribution < -0.4 is 5.73 Å². The number of nitrogens with one attached hydrogen (secondary N) is 1. The number of nitrogen functional groups attached to an aromatic ring is 1. The molecule has 2 aromatic heterocycles. The van der Waals surface area contributed by atoms with Crippen LogP contribution in [0, 0.1) is 0 Å². The lowest BCUT2D eigenvalue weighted by atomic mass is 9.92. The van der Waals surface area contributed by atoms with Crippen LogP contribution in [0.15, 0.2) is 97.5 Å². The number of unbranched alkanes of at least 4 members (excludes halogenated alkanes) is 1. The number of nitrogens with zero attached hydrogens (tertiary/aromatic N) is 3. The number of hydrogen-bond acceptors (Lipinski definition) is 5. The van der Waals surface area contributed by atoms with E-state index in [4.69, 9.17) is 5.73 Å². The topological polar surface area (TPSA) is 95.3 Å². The fraction of sp³-hybridized carbons (Fsp3) is 0.281. The van der Waals surface area contributed by atoms with Gasteiger partial charge in [-0.05, 0) is 42.2 Å². The number of anilines is 1. The van der Waals surface area contributed by atoms with Crippen molar-refractivity contribution in [1.29, 1.82) is 0 Å². The molecule has 39 heavy (non-hydrogen) atoms. The maximum absolute atomic E-state index is 13.4. The number of aromatic nitrogens is 2. The molecule has 0 saturated carbocycles. The molecule has 0 bridgehead atoms. The van der Waals surface area contributed by atoms with E-state index in [1.165, 1.54) is 11.1 Å². The van der Waals surface area contributed by atoms with Gasteiger partial charge in [-0.15, -0.1) is 0 Å². The minimum absolute atomic E-state index is 0.0441. The fourth-order valence-electron chi connectivity index (χ4n) is 5.56. The Hall–Kier alpha value is -4.23. The molecule has 7 heteroatoms. The largest absolute Gasteiger partial charge is 0.397 e. The van der Waals surface area contributed by atoms with Gasteiger partial charge in [-0.2, -0.15) is 0 Å². The number of pyridine rings is 1. The number of Topliss-reactive ketones (excluding diaryl/α,β-unsaturated/α-hetero) is 1. The number of hydrogen-bond donors (Lipinski definition) is 2. The number of piperazine rings is 1. The molecule has 7 nitrogen and oxygen atoms in total. The highest BCUT2D eigenvalue weighted by Crippen LogP contribution is 2.33. The highest BCUT2D eigenvalue weighted by molar-refractivity contribution is 5.95. The first kappa shape index (κ1) is 26.4. The number of benzene rings is 2. The van der Waals surface area contributed by atoms with Crippen molar-refractivity contribution >= 4 is 17.4 Å².